The molecule has 1 aromatic heterocycles. The zero-order valence-corrected chi connectivity index (χ0v) is 10.6. The lowest BCUT2D eigenvalue weighted by molar-refractivity contribution is 0.569. The molecule has 0 unspecified atom stereocenters. The number of nitrogens with two attached hydrogens (primary N) is 1. The maximum atomic E-state index is 13.9. The van der Waals surface area contributed by atoms with E-state index in [1.54, 1.807) is 0 Å². The summed E-state index contributed by atoms with van der Waals surface area (Å²) >= 11 is 0. The average molecular weight is 232 g/mol. The minimum Gasteiger partial charge on any atom is -0.398 e. The largest absolute Gasteiger partial charge is 0.398 e. The summed E-state index contributed by atoms with van der Waals surface area (Å²) in [5.41, 5.74) is 8.46. The first kappa shape index (κ1) is 11.8. The summed E-state index contributed by atoms with van der Waals surface area (Å²) in [6, 6.07) is 5.19. The van der Waals surface area contributed by atoms with Gasteiger partial charge in [0.05, 0.1) is 0 Å². The van der Waals surface area contributed by atoms with Gasteiger partial charge in [-0.25, -0.2) is 9.37 Å². The zero-order valence-electron chi connectivity index (χ0n) is 10.6. The number of halogens is 1. The second-order valence-electron chi connectivity index (χ2n) is 5.49. The van der Waals surface area contributed by atoms with Gasteiger partial charge >= 0.3 is 0 Å². The first-order valence-electron chi connectivity index (χ1n) is 5.66. The van der Waals surface area contributed by atoms with E-state index in [0.29, 0.717) is 16.6 Å². The van der Waals surface area contributed by atoms with E-state index in [1.807, 2.05) is 39.8 Å². The lowest BCUT2D eigenvalue weighted by Crippen LogP contribution is -2.14. The number of aryl methyl sites for hydroxylation is 1. The van der Waals surface area contributed by atoms with Gasteiger partial charge in [-0.3, -0.25) is 0 Å². The van der Waals surface area contributed by atoms with Crippen molar-refractivity contribution in [1.29, 1.82) is 0 Å². The van der Waals surface area contributed by atoms with Crippen LogP contribution in [0.4, 0.5) is 10.1 Å². The van der Waals surface area contributed by atoms with Gasteiger partial charge in [0.2, 0.25) is 0 Å². The molecule has 90 valence electrons. The third-order valence-corrected chi connectivity index (χ3v) is 2.81. The molecule has 0 aliphatic rings. The van der Waals surface area contributed by atoms with Crippen molar-refractivity contribution in [2.45, 2.75) is 33.1 Å². The normalized spacial score (nSPS) is 12.1. The summed E-state index contributed by atoms with van der Waals surface area (Å²) in [6.07, 6.45) is 0. The van der Waals surface area contributed by atoms with E-state index in [1.165, 1.54) is 6.07 Å². The van der Waals surface area contributed by atoms with Crippen molar-refractivity contribution in [3.05, 3.63) is 35.3 Å². The Balaban J connectivity index is 2.83. The van der Waals surface area contributed by atoms with Gasteiger partial charge in [-0.15, -0.1) is 0 Å². The zero-order chi connectivity index (χ0) is 12.8. The number of pyridine rings is 1. The van der Waals surface area contributed by atoms with Crippen molar-refractivity contribution in [2.24, 2.45) is 0 Å². The van der Waals surface area contributed by atoms with Crippen LogP contribution in [-0.2, 0) is 5.41 Å². The Bertz CT molecular complexity index is 583. The molecular weight excluding hydrogens is 215 g/mol. The lowest BCUT2D eigenvalue weighted by Gasteiger charge is -2.19. The van der Waals surface area contributed by atoms with E-state index in [2.05, 4.69) is 4.98 Å². The molecule has 3 heteroatoms. The Hall–Kier alpha value is -1.64. The fraction of sp³-hybridized carbons (Fsp3) is 0.357. The van der Waals surface area contributed by atoms with Crippen molar-refractivity contribution >= 4 is 16.6 Å². The summed E-state index contributed by atoms with van der Waals surface area (Å²) in [5.74, 6) is -0.308. The molecule has 2 rings (SSSR count). The van der Waals surface area contributed by atoms with Crippen LogP contribution >= 0.6 is 0 Å². The summed E-state index contributed by atoms with van der Waals surface area (Å²) in [6.45, 7) is 7.95. The van der Waals surface area contributed by atoms with Gasteiger partial charge in [-0.1, -0.05) is 20.8 Å². The summed E-state index contributed by atoms with van der Waals surface area (Å²) in [7, 11) is 0. The van der Waals surface area contributed by atoms with Crippen molar-refractivity contribution < 1.29 is 4.39 Å². The van der Waals surface area contributed by atoms with E-state index < -0.39 is 0 Å². The molecule has 17 heavy (non-hydrogen) atoms. The van der Waals surface area contributed by atoms with Gasteiger partial charge in [-0.05, 0) is 30.7 Å². The Morgan fingerprint density at radius 3 is 2.41 bits per heavy atom. The number of benzene rings is 1. The fourth-order valence-corrected chi connectivity index (χ4v) is 1.83. The molecule has 0 saturated carbocycles. The first-order chi connectivity index (χ1) is 7.79. The molecule has 2 N–H and O–H groups in total. The van der Waals surface area contributed by atoms with Crippen LogP contribution in [0.1, 0.15) is 32.0 Å². The van der Waals surface area contributed by atoms with E-state index in [0.717, 1.165) is 11.3 Å². The fourth-order valence-electron chi connectivity index (χ4n) is 1.83. The van der Waals surface area contributed by atoms with Gasteiger partial charge in [0.1, 0.15) is 11.3 Å². The molecule has 0 saturated heterocycles. The third kappa shape index (κ3) is 2.09. The van der Waals surface area contributed by atoms with Gasteiger partial charge < -0.3 is 5.73 Å². The maximum Gasteiger partial charge on any atom is 0.149 e. The highest BCUT2D eigenvalue weighted by atomic mass is 19.1. The molecule has 0 bridgehead atoms. The second-order valence-corrected chi connectivity index (χ2v) is 5.49. The van der Waals surface area contributed by atoms with Crippen LogP contribution in [0.2, 0.25) is 0 Å². The van der Waals surface area contributed by atoms with Crippen LogP contribution in [0, 0.1) is 12.7 Å². The number of nitrogens with zero attached hydrogens (tertiary/aromatic N) is 1. The Kier molecular flexibility index (Phi) is 2.57. The highest BCUT2D eigenvalue weighted by Gasteiger charge is 2.18. The standard InChI is InChI=1S/C14H17FN2/c1-8-5-9-11(16)7-12(14(2,3)4)17-13(9)10(15)6-8/h5-7H,1-4H3,(H2,16,17). The molecule has 2 nitrogen and oxygen atoms in total. The summed E-state index contributed by atoms with van der Waals surface area (Å²) < 4.78 is 13.9. The molecular formula is C14H17FN2. The van der Waals surface area contributed by atoms with E-state index in [-0.39, 0.29) is 11.2 Å². The average Bonchev–Trinajstić information content (AvgIpc) is 2.17. The van der Waals surface area contributed by atoms with Crippen molar-refractivity contribution in [3.8, 4) is 0 Å². The van der Waals surface area contributed by atoms with E-state index in [9.17, 15) is 4.39 Å². The third-order valence-electron chi connectivity index (χ3n) is 2.81. The van der Waals surface area contributed by atoms with Crippen molar-refractivity contribution in [2.75, 3.05) is 5.73 Å². The quantitative estimate of drug-likeness (QED) is 0.754. The highest BCUT2D eigenvalue weighted by Crippen LogP contribution is 2.29. The molecule has 0 atom stereocenters. The van der Waals surface area contributed by atoms with E-state index >= 15 is 0 Å². The molecule has 0 fully saturated rings. The van der Waals surface area contributed by atoms with Gasteiger partial charge in [0.25, 0.3) is 0 Å². The topological polar surface area (TPSA) is 38.9 Å². The highest BCUT2D eigenvalue weighted by molar-refractivity contribution is 5.91. The predicted octanol–water partition coefficient (Wildman–Crippen LogP) is 3.56. The van der Waals surface area contributed by atoms with Crippen LogP contribution in [0.25, 0.3) is 10.9 Å². The van der Waals surface area contributed by atoms with Crippen LogP contribution in [0.15, 0.2) is 18.2 Å². The molecule has 0 aliphatic carbocycles. The van der Waals surface area contributed by atoms with Crippen LogP contribution in [0.3, 0.4) is 0 Å². The SMILES string of the molecule is Cc1cc(F)c2nc(C(C)(C)C)cc(N)c2c1. The smallest absolute Gasteiger partial charge is 0.149 e. The molecule has 0 spiro atoms. The minimum atomic E-state index is -0.308. The van der Waals surface area contributed by atoms with Crippen LogP contribution in [-0.4, -0.2) is 4.98 Å². The molecule has 1 heterocycles. The Morgan fingerprint density at radius 1 is 1.18 bits per heavy atom. The lowest BCUT2D eigenvalue weighted by atomic mass is 9.90. The molecule has 0 aliphatic heterocycles. The number of rotatable bonds is 0. The van der Waals surface area contributed by atoms with Crippen LogP contribution < -0.4 is 5.73 Å². The van der Waals surface area contributed by atoms with Gasteiger partial charge in [0, 0.05) is 22.2 Å². The minimum absolute atomic E-state index is 0.139. The van der Waals surface area contributed by atoms with E-state index in [4.69, 9.17) is 5.73 Å². The molecule has 0 radical (unpaired) electrons. The van der Waals surface area contributed by atoms with Crippen molar-refractivity contribution in [1.82, 2.24) is 4.98 Å². The Morgan fingerprint density at radius 2 is 1.82 bits per heavy atom. The van der Waals surface area contributed by atoms with Gasteiger partial charge in [0.15, 0.2) is 0 Å². The number of hydrogen-bond donors (Lipinski definition) is 1. The molecule has 1 aromatic carbocycles. The monoisotopic (exact) mass is 232 g/mol. The Labute approximate surface area is 101 Å². The molecule has 2 aromatic rings. The summed E-state index contributed by atoms with van der Waals surface area (Å²) in [5, 5.41) is 0.690. The molecule has 0 amide bonds. The second kappa shape index (κ2) is 3.69. The van der Waals surface area contributed by atoms with Gasteiger partial charge in [-0.2, -0.15) is 0 Å². The number of aromatic nitrogens is 1. The van der Waals surface area contributed by atoms with Crippen LogP contribution in [0.5, 0.6) is 0 Å². The number of hydrogen-bond acceptors (Lipinski definition) is 2. The maximum absolute atomic E-state index is 13.9. The summed E-state index contributed by atoms with van der Waals surface area (Å²) in [4.78, 5) is 4.39. The first-order valence-corrected chi connectivity index (χ1v) is 5.66. The number of anilines is 1. The number of fused-ring (bicyclic) bond motifs is 1. The number of nitrogen functional groups attached to an aromatic ring is 1. The predicted molar refractivity (Wildman–Crippen MR) is 69.6 cm³/mol. The van der Waals surface area contributed by atoms with Crippen molar-refractivity contribution in [3.63, 3.8) is 0 Å².